The molecule has 0 bridgehead atoms. The Morgan fingerprint density at radius 1 is 1.54 bits per heavy atom. The van der Waals surface area contributed by atoms with E-state index in [0.717, 1.165) is 4.48 Å². The van der Waals surface area contributed by atoms with Crippen molar-refractivity contribution in [3.63, 3.8) is 0 Å². The Labute approximate surface area is 84.0 Å². The Kier molecular flexibility index (Phi) is 3.51. The highest BCUT2D eigenvalue weighted by molar-refractivity contribution is 9.11. The van der Waals surface area contributed by atoms with Gasteiger partial charge in [0.25, 0.3) is 5.96 Å². The lowest BCUT2D eigenvalue weighted by atomic mass is 10.7. The van der Waals surface area contributed by atoms with Gasteiger partial charge in [0.1, 0.15) is 0 Å². The molecule has 0 saturated carbocycles. The summed E-state index contributed by atoms with van der Waals surface area (Å²) in [7, 11) is 0. The number of aromatic nitrogens is 3. The molecule has 0 N–H and O–H groups in total. The standard InChI is InChI=1S/C7H8BrN5/c1-6(8)5-10-7(9-2)13-11-3-4-12-13/h3-5H,2H2,1H3/b6-5+,10-7+. The van der Waals surface area contributed by atoms with Gasteiger partial charge in [0.15, 0.2) is 0 Å². The van der Waals surface area contributed by atoms with Crippen molar-refractivity contribution >= 4 is 28.6 Å². The third-order valence-corrected chi connectivity index (χ3v) is 1.30. The van der Waals surface area contributed by atoms with Crippen molar-refractivity contribution in [1.82, 2.24) is 15.0 Å². The molecular weight excluding hydrogens is 234 g/mol. The number of rotatable bonds is 1. The number of allylic oxidation sites excluding steroid dienone is 1. The molecule has 0 atom stereocenters. The van der Waals surface area contributed by atoms with Crippen LogP contribution in [0.15, 0.2) is 33.1 Å². The van der Waals surface area contributed by atoms with E-state index in [1.807, 2.05) is 6.92 Å². The SMILES string of the molecule is C=N/C(=N\C=C(/C)Br)n1nccn1. The summed E-state index contributed by atoms with van der Waals surface area (Å²) >= 11 is 3.24. The lowest BCUT2D eigenvalue weighted by molar-refractivity contribution is 0.790. The fraction of sp³-hybridized carbons (Fsp3) is 0.143. The molecule has 0 aliphatic carbocycles. The Morgan fingerprint density at radius 3 is 2.62 bits per heavy atom. The van der Waals surface area contributed by atoms with Crippen LogP contribution in [0.4, 0.5) is 0 Å². The van der Waals surface area contributed by atoms with Crippen LogP contribution >= 0.6 is 15.9 Å². The third-order valence-electron chi connectivity index (χ3n) is 1.10. The van der Waals surface area contributed by atoms with Gasteiger partial charge in [-0.05, 0) is 13.6 Å². The minimum absolute atomic E-state index is 0.337. The maximum atomic E-state index is 4.00. The fourth-order valence-electron chi connectivity index (χ4n) is 0.621. The maximum absolute atomic E-state index is 4.00. The first kappa shape index (κ1) is 9.79. The monoisotopic (exact) mass is 241 g/mol. The molecular formula is C7H8BrN5. The molecule has 68 valence electrons. The quantitative estimate of drug-likeness (QED) is 0.552. The first-order valence-electron chi connectivity index (χ1n) is 3.47. The smallest absolute Gasteiger partial charge is 0.226 e. The molecule has 6 heteroatoms. The van der Waals surface area contributed by atoms with Crippen LogP contribution < -0.4 is 0 Å². The highest BCUT2D eigenvalue weighted by atomic mass is 79.9. The predicted octanol–water partition coefficient (Wildman–Crippen LogP) is 1.44. The average molecular weight is 242 g/mol. The normalized spacial score (nSPS) is 13.1. The van der Waals surface area contributed by atoms with E-state index < -0.39 is 0 Å². The van der Waals surface area contributed by atoms with Crippen molar-refractivity contribution in [3.05, 3.63) is 23.1 Å². The van der Waals surface area contributed by atoms with Gasteiger partial charge >= 0.3 is 0 Å². The van der Waals surface area contributed by atoms with Crippen LogP contribution in [0.3, 0.4) is 0 Å². The van der Waals surface area contributed by atoms with Crippen LogP contribution in [0, 0.1) is 0 Å². The van der Waals surface area contributed by atoms with Crippen molar-refractivity contribution in [1.29, 1.82) is 0 Å². The van der Waals surface area contributed by atoms with E-state index in [1.165, 1.54) is 4.80 Å². The molecule has 1 heterocycles. The number of aliphatic imine (C=N–C) groups is 2. The molecule has 0 aliphatic heterocycles. The van der Waals surface area contributed by atoms with Crippen LogP contribution in [0.1, 0.15) is 6.92 Å². The average Bonchev–Trinajstić information content (AvgIpc) is 2.58. The van der Waals surface area contributed by atoms with Gasteiger partial charge in [-0.1, -0.05) is 15.9 Å². The van der Waals surface area contributed by atoms with E-state index in [1.54, 1.807) is 18.6 Å². The molecule has 0 spiro atoms. The summed E-state index contributed by atoms with van der Waals surface area (Å²) in [5.74, 6) is 0.337. The molecule has 0 aliphatic rings. The molecule has 0 saturated heterocycles. The minimum atomic E-state index is 0.337. The van der Waals surface area contributed by atoms with Gasteiger partial charge in [-0.25, -0.2) is 9.98 Å². The summed E-state index contributed by atoms with van der Waals surface area (Å²) in [5, 5.41) is 7.72. The van der Waals surface area contributed by atoms with Gasteiger partial charge in [0.2, 0.25) is 0 Å². The molecule has 0 fully saturated rings. The van der Waals surface area contributed by atoms with E-state index in [9.17, 15) is 0 Å². The predicted molar refractivity (Wildman–Crippen MR) is 55.1 cm³/mol. The number of hydrogen-bond donors (Lipinski definition) is 0. The summed E-state index contributed by atoms with van der Waals surface area (Å²) in [4.78, 5) is 8.97. The third kappa shape index (κ3) is 2.90. The van der Waals surface area contributed by atoms with Gasteiger partial charge < -0.3 is 0 Å². The van der Waals surface area contributed by atoms with Gasteiger partial charge in [0.05, 0.1) is 12.4 Å². The summed E-state index contributed by atoms with van der Waals surface area (Å²) in [6, 6.07) is 0. The van der Waals surface area contributed by atoms with E-state index in [0.29, 0.717) is 5.96 Å². The van der Waals surface area contributed by atoms with Crippen molar-refractivity contribution in [2.75, 3.05) is 0 Å². The lowest BCUT2D eigenvalue weighted by Gasteiger charge is -1.94. The highest BCUT2D eigenvalue weighted by Gasteiger charge is 1.97. The highest BCUT2D eigenvalue weighted by Crippen LogP contribution is 2.01. The molecule has 0 amide bonds. The lowest BCUT2D eigenvalue weighted by Crippen LogP contribution is -2.11. The first-order valence-corrected chi connectivity index (χ1v) is 4.27. The second-order valence-electron chi connectivity index (χ2n) is 2.12. The van der Waals surface area contributed by atoms with E-state index in [4.69, 9.17) is 0 Å². The molecule has 0 unspecified atom stereocenters. The van der Waals surface area contributed by atoms with Crippen LogP contribution in [-0.2, 0) is 0 Å². The zero-order valence-electron chi connectivity index (χ0n) is 7.05. The Balaban J connectivity index is 2.92. The summed E-state index contributed by atoms with van der Waals surface area (Å²) in [6.45, 7) is 5.23. The zero-order chi connectivity index (χ0) is 9.68. The molecule has 0 aromatic carbocycles. The Hall–Kier alpha value is -1.30. The van der Waals surface area contributed by atoms with Crippen LogP contribution in [0.2, 0.25) is 0 Å². The second-order valence-corrected chi connectivity index (χ2v) is 3.37. The zero-order valence-corrected chi connectivity index (χ0v) is 8.64. The molecule has 1 aromatic heterocycles. The molecule has 13 heavy (non-hydrogen) atoms. The van der Waals surface area contributed by atoms with E-state index >= 15 is 0 Å². The molecule has 0 radical (unpaired) electrons. The van der Waals surface area contributed by atoms with Crippen molar-refractivity contribution in [2.45, 2.75) is 6.92 Å². The van der Waals surface area contributed by atoms with Crippen molar-refractivity contribution in [3.8, 4) is 0 Å². The van der Waals surface area contributed by atoms with E-state index in [2.05, 4.69) is 42.8 Å². The van der Waals surface area contributed by atoms with Crippen LogP contribution in [-0.4, -0.2) is 27.7 Å². The Morgan fingerprint density at radius 2 is 2.15 bits per heavy atom. The van der Waals surface area contributed by atoms with E-state index in [-0.39, 0.29) is 0 Å². The maximum Gasteiger partial charge on any atom is 0.268 e. The second kappa shape index (κ2) is 4.66. The topological polar surface area (TPSA) is 55.4 Å². The first-order chi connectivity index (χ1) is 6.24. The molecule has 1 aromatic rings. The van der Waals surface area contributed by atoms with Gasteiger partial charge in [-0.15, -0.1) is 4.80 Å². The van der Waals surface area contributed by atoms with Crippen molar-refractivity contribution in [2.24, 2.45) is 9.98 Å². The van der Waals surface area contributed by atoms with Crippen LogP contribution in [0.25, 0.3) is 0 Å². The van der Waals surface area contributed by atoms with Gasteiger partial charge in [-0.3, -0.25) is 0 Å². The summed E-state index contributed by atoms with van der Waals surface area (Å²) < 4.78 is 0.890. The minimum Gasteiger partial charge on any atom is -0.226 e. The largest absolute Gasteiger partial charge is 0.268 e. The van der Waals surface area contributed by atoms with Gasteiger partial charge in [0, 0.05) is 10.7 Å². The number of nitrogens with zero attached hydrogens (tertiary/aromatic N) is 5. The molecule has 1 rings (SSSR count). The Bertz CT molecular complexity index is 334. The summed E-state index contributed by atoms with van der Waals surface area (Å²) in [6.07, 6.45) is 4.70. The van der Waals surface area contributed by atoms with Gasteiger partial charge in [-0.2, -0.15) is 10.2 Å². The van der Waals surface area contributed by atoms with Crippen molar-refractivity contribution < 1.29 is 0 Å². The fourth-order valence-corrected chi connectivity index (χ4v) is 0.724. The summed E-state index contributed by atoms with van der Waals surface area (Å²) in [5.41, 5.74) is 0. The number of halogens is 1. The number of hydrogen-bond acceptors (Lipinski definition) is 3. The van der Waals surface area contributed by atoms with Crippen LogP contribution in [0.5, 0.6) is 0 Å². The molecule has 5 nitrogen and oxygen atoms in total.